The molecule has 1 N–H and O–H groups in total. The summed E-state index contributed by atoms with van der Waals surface area (Å²) >= 11 is 0. The van der Waals surface area contributed by atoms with Crippen LogP contribution in [0.15, 0.2) is 72.8 Å². The summed E-state index contributed by atoms with van der Waals surface area (Å²) in [6.07, 6.45) is 4.79. The van der Waals surface area contributed by atoms with Crippen molar-refractivity contribution in [3.8, 4) is 5.75 Å². The Morgan fingerprint density at radius 1 is 0.731 bits per heavy atom. The molecule has 26 heavy (non-hydrogen) atoms. The van der Waals surface area contributed by atoms with Gasteiger partial charge >= 0.3 is 0 Å². The van der Waals surface area contributed by atoms with Gasteiger partial charge in [-0.2, -0.15) is 0 Å². The lowest BCUT2D eigenvalue weighted by Crippen LogP contribution is -2.12. The van der Waals surface area contributed by atoms with E-state index in [1.54, 1.807) is 6.07 Å². The minimum absolute atomic E-state index is 0.365. The van der Waals surface area contributed by atoms with Crippen molar-refractivity contribution in [1.82, 2.24) is 0 Å². The lowest BCUT2D eigenvalue weighted by molar-refractivity contribution is 0.481. The van der Waals surface area contributed by atoms with Crippen molar-refractivity contribution < 1.29 is 5.11 Å². The summed E-state index contributed by atoms with van der Waals surface area (Å²) in [6.45, 7) is 0. The Labute approximate surface area is 153 Å². The highest BCUT2D eigenvalue weighted by molar-refractivity contribution is 6.10. The van der Waals surface area contributed by atoms with Gasteiger partial charge in [0.1, 0.15) is 5.75 Å². The lowest BCUT2D eigenvalue weighted by Gasteiger charge is -2.27. The molecule has 1 nitrogen and oxygen atoms in total. The molecule has 0 spiro atoms. The largest absolute Gasteiger partial charge is 0.507 e. The molecule has 1 heteroatoms. The summed E-state index contributed by atoms with van der Waals surface area (Å²) in [6, 6.07) is 25.6. The summed E-state index contributed by atoms with van der Waals surface area (Å²) < 4.78 is 0. The van der Waals surface area contributed by atoms with Crippen molar-refractivity contribution >= 4 is 21.5 Å². The van der Waals surface area contributed by atoms with E-state index in [-0.39, 0.29) is 0 Å². The maximum Gasteiger partial charge on any atom is 0.123 e. The van der Waals surface area contributed by atoms with E-state index in [9.17, 15) is 5.11 Å². The molecule has 5 rings (SSSR count). The van der Waals surface area contributed by atoms with Crippen LogP contribution >= 0.6 is 0 Å². The highest BCUT2D eigenvalue weighted by Crippen LogP contribution is 2.40. The van der Waals surface area contributed by atoms with Crippen LogP contribution in [0.4, 0.5) is 0 Å². The molecule has 0 saturated carbocycles. The molecule has 0 fully saturated rings. The third kappa shape index (κ3) is 2.47. The number of hydrogen-bond donors (Lipinski definition) is 1. The summed E-state index contributed by atoms with van der Waals surface area (Å²) in [5.74, 6) is 0.967. The second kappa shape index (κ2) is 6.17. The van der Waals surface area contributed by atoms with Gasteiger partial charge in [-0.3, -0.25) is 0 Å². The van der Waals surface area contributed by atoms with Gasteiger partial charge in [0, 0.05) is 5.39 Å². The fraction of sp³-hybridized carbons (Fsp3) is 0.200. The Balaban J connectivity index is 1.66. The first-order chi connectivity index (χ1) is 12.8. The molecule has 1 unspecified atom stereocenters. The summed E-state index contributed by atoms with van der Waals surface area (Å²) in [5.41, 5.74) is 4.46. The molecule has 0 radical (unpaired) electrons. The highest BCUT2D eigenvalue weighted by atomic mass is 16.3. The third-order valence-electron chi connectivity index (χ3n) is 5.93. The molecule has 128 valence electrons. The number of fused-ring (bicyclic) bond motifs is 5. The van der Waals surface area contributed by atoms with Gasteiger partial charge in [-0.25, -0.2) is 0 Å². The average molecular weight is 338 g/mol. The van der Waals surface area contributed by atoms with Crippen LogP contribution in [0.5, 0.6) is 5.75 Å². The molecule has 0 saturated heterocycles. The van der Waals surface area contributed by atoms with Gasteiger partial charge in [0.15, 0.2) is 0 Å². The zero-order valence-electron chi connectivity index (χ0n) is 14.8. The Bertz CT molecular complexity index is 1100. The van der Waals surface area contributed by atoms with E-state index in [4.69, 9.17) is 0 Å². The monoisotopic (exact) mass is 338 g/mol. The summed E-state index contributed by atoms with van der Waals surface area (Å²) in [4.78, 5) is 0. The van der Waals surface area contributed by atoms with Crippen molar-refractivity contribution in [2.24, 2.45) is 0 Å². The van der Waals surface area contributed by atoms with Crippen molar-refractivity contribution in [3.63, 3.8) is 0 Å². The molecule has 4 aromatic rings. The van der Waals surface area contributed by atoms with Crippen LogP contribution in [0.1, 0.15) is 35.4 Å². The van der Waals surface area contributed by atoms with Crippen LogP contribution in [0.2, 0.25) is 0 Å². The number of phenols is 1. The predicted octanol–water partition coefficient (Wildman–Crippen LogP) is 6.36. The van der Waals surface area contributed by atoms with Crippen LogP contribution in [0, 0.1) is 0 Å². The van der Waals surface area contributed by atoms with Gasteiger partial charge in [-0.05, 0) is 70.5 Å². The summed E-state index contributed by atoms with van der Waals surface area (Å²) in [5, 5.41) is 14.9. The first kappa shape index (κ1) is 15.5. The molecule has 0 heterocycles. The Morgan fingerprint density at radius 2 is 1.50 bits per heavy atom. The SMILES string of the molecule is Oc1cccc2c1ccc1c3c(ccc12)C(Cc1ccccc1)CCC3. The molecule has 1 atom stereocenters. The van der Waals surface area contributed by atoms with E-state index in [0.717, 1.165) is 23.6 Å². The predicted molar refractivity (Wildman–Crippen MR) is 109 cm³/mol. The molecular weight excluding hydrogens is 316 g/mol. The molecule has 4 aromatic carbocycles. The molecule has 0 aliphatic heterocycles. The fourth-order valence-corrected chi connectivity index (χ4v) is 4.69. The zero-order valence-corrected chi connectivity index (χ0v) is 14.8. The number of hydrogen-bond acceptors (Lipinski definition) is 1. The van der Waals surface area contributed by atoms with E-state index in [0.29, 0.717) is 11.7 Å². The van der Waals surface area contributed by atoms with Crippen LogP contribution in [-0.4, -0.2) is 5.11 Å². The molecule has 0 aromatic heterocycles. The lowest BCUT2D eigenvalue weighted by atomic mass is 9.77. The summed E-state index contributed by atoms with van der Waals surface area (Å²) in [7, 11) is 0. The number of aryl methyl sites for hydroxylation is 1. The molecule has 1 aliphatic rings. The van der Waals surface area contributed by atoms with Crippen LogP contribution in [0.25, 0.3) is 21.5 Å². The first-order valence-electron chi connectivity index (χ1n) is 9.51. The van der Waals surface area contributed by atoms with Crippen molar-refractivity contribution in [2.75, 3.05) is 0 Å². The van der Waals surface area contributed by atoms with Crippen molar-refractivity contribution in [3.05, 3.63) is 89.5 Å². The number of benzene rings is 4. The average Bonchev–Trinajstić information content (AvgIpc) is 2.69. The molecule has 0 bridgehead atoms. The Hall–Kier alpha value is -2.80. The van der Waals surface area contributed by atoms with Gasteiger partial charge in [0.05, 0.1) is 0 Å². The van der Waals surface area contributed by atoms with Crippen LogP contribution in [-0.2, 0) is 12.8 Å². The topological polar surface area (TPSA) is 20.2 Å². The number of phenolic OH excluding ortho intramolecular Hbond substituents is 1. The third-order valence-corrected chi connectivity index (χ3v) is 5.93. The minimum atomic E-state index is 0.365. The van der Waals surface area contributed by atoms with Crippen molar-refractivity contribution in [2.45, 2.75) is 31.6 Å². The second-order valence-electron chi connectivity index (χ2n) is 7.45. The van der Waals surface area contributed by atoms with E-state index in [1.165, 1.54) is 40.3 Å². The van der Waals surface area contributed by atoms with Crippen LogP contribution in [0.3, 0.4) is 0 Å². The quantitative estimate of drug-likeness (QED) is 0.422. The van der Waals surface area contributed by atoms with E-state index in [2.05, 4.69) is 60.7 Å². The molecular formula is C25H22O. The Morgan fingerprint density at radius 3 is 2.38 bits per heavy atom. The molecule has 1 aliphatic carbocycles. The Kier molecular flexibility index (Phi) is 3.67. The maximum absolute atomic E-state index is 10.2. The standard InChI is InChI=1S/C25H22O/c26-25-11-5-10-21-23-13-12-19-18(16-17-6-2-1-3-7-17)8-4-9-20(19)22(23)14-15-24(21)25/h1-3,5-7,10-15,18,26H,4,8-9,16H2. The van der Waals surface area contributed by atoms with Gasteiger partial charge in [-0.15, -0.1) is 0 Å². The maximum atomic E-state index is 10.2. The van der Waals surface area contributed by atoms with Gasteiger partial charge in [-0.1, -0.05) is 66.7 Å². The van der Waals surface area contributed by atoms with Gasteiger partial charge < -0.3 is 5.11 Å². The van der Waals surface area contributed by atoms with Gasteiger partial charge in [0.2, 0.25) is 0 Å². The highest BCUT2D eigenvalue weighted by Gasteiger charge is 2.22. The van der Waals surface area contributed by atoms with Gasteiger partial charge in [0.25, 0.3) is 0 Å². The normalized spacial score (nSPS) is 16.7. The first-order valence-corrected chi connectivity index (χ1v) is 9.51. The van der Waals surface area contributed by atoms with E-state index >= 15 is 0 Å². The second-order valence-corrected chi connectivity index (χ2v) is 7.45. The van der Waals surface area contributed by atoms with Crippen LogP contribution < -0.4 is 0 Å². The van der Waals surface area contributed by atoms with Crippen molar-refractivity contribution in [1.29, 1.82) is 0 Å². The smallest absolute Gasteiger partial charge is 0.123 e. The van der Waals surface area contributed by atoms with E-state index in [1.807, 2.05) is 6.07 Å². The number of aromatic hydroxyl groups is 1. The fourth-order valence-electron chi connectivity index (χ4n) is 4.69. The minimum Gasteiger partial charge on any atom is -0.507 e. The number of rotatable bonds is 2. The van der Waals surface area contributed by atoms with E-state index < -0.39 is 0 Å². The molecule has 0 amide bonds. The zero-order chi connectivity index (χ0) is 17.5.